The van der Waals surface area contributed by atoms with Gasteiger partial charge < -0.3 is 28.9 Å². The zero-order valence-corrected chi connectivity index (χ0v) is 22.6. The number of fused-ring (bicyclic) bond motifs is 4. The van der Waals surface area contributed by atoms with Crippen molar-refractivity contribution in [2.45, 2.75) is 18.4 Å². The van der Waals surface area contributed by atoms with E-state index >= 15 is 0 Å². The molecule has 202 valence electrons. The van der Waals surface area contributed by atoms with E-state index in [1.54, 1.807) is 27.4 Å². The second-order valence-electron chi connectivity index (χ2n) is 10.1. The monoisotopic (exact) mass is 527 g/mol. The number of amides is 2. The highest BCUT2D eigenvalue weighted by Crippen LogP contribution is 2.49. The predicted molar refractivity (Wildman–Crippen MR) is 148 cm³/mol. The van der Waals surface area contributed by atoms with Crippen molar-refractivity contribution in [1.29, 1.82) is 0 Å². The van der Waals surface area contributed by atoms with E-state index in [0.29, 0.717) is 55.3 Å². The lowest BCUT2D eigenvalue weighted by atomic mass is 9.75. The van der Waals surface area contributed by atoms with Gasteiger partial charge in [-0.3, -0.25) is 9.59 Å². The zero-order chi connectivity index (χ0) is 27.1. The fraction of sp³-hybridized carbons (Fsp3) is 0.355. The molecule has 1 saturated heterocycles. The number of anilines is 1. The summed E-state index contributed by atoms with van der Waals surface area (Å²) in [6, 6.07) is 19.3. The molecule has 3 heterocycles. The van der Waals surface area contributed by atoms with Crippen LogP contribution in [0, 0.1) is 0 Å². The van der Waals surface area contributed by atoms with Crippen molar-refractivity contribution in [1.82, 2.24) is 9.80 Å². The first-order valence-corrected chi connectivity index (χ1v) is 13.4. The van der Waals surface area contributed by atoms with Crippen molar-refractivity contribution in [2.24, 2.45) is 0 Å². The van der Waals surface area contributed by atoms with Crippen LogP contribution in [0.25, 0.3) is 0 Å². The van der Waals surface area contributed by atoms with Gasteiger partial charge in [0, 0.05) is 38.3 Å². The lowest BCUT2D eigenvalue weighted by Gasteiger charge is -2.47. The van der Waals surface area contributed by atoms with Gasteiger partial charge in [0.25, 0.3) is 5.91 Å². The molecule has 0 aliphatic carbocycles. The van der Waals surface area contributed by atoms with Gasteiger partial charge in [-0.1, -0.05) is 36.4 Å². The fourth-order valence-corrected chi connectivity index (χ4v) is 6.37. The van der Waals surface area contributed by atoms with Crippen molar-refractivity contribution in [3.8, 4) is 17.2 Å². The molecule has 2 amide bonds. The van der Waals surface area contributed by atoms with Crippen molar-refractivity contribution >= 4 is 17.5 Å². The Labute approximate surface area is 228 Å². The molecule has 8 heteroatoms. The van der Waals surface area contributed by atoms with Crippen molar-refractivity contribution in [3.63, 3.8) is 0 Å². The van der Waals surface area contributed by atoms with Gasteiger partial charge in [-0.25, -0.2) is 0 Å². The summed E-state index contributed by atoms with van der Waals surface area (Å²) in [5.41, 5.74) is 4.48. The number of rotatable bonds is 5. The number of hydrogen-bond donors (Lipinski definition) is 0. The summed E-state index contributed by atoms with van der Waals surface area (Å²) in [6.45, 7) is 3.12. The summed E-state index contributed by atoms with van der Waals surface area (Å²) in [6.07, 6.45) is 0.763. The first-order chi connectivity index (χ1) is 19.0. The van der Waals surface area contributed by atoms with E-state index in [1.807, 2.05) is 46.2 Å². The van der Waals surface area contributed by atoms with Crippen molar-refractivity contribution < 1.29 is 23.8 Å². The van der Waals surface area contributed by atoms with Gasteiger partial charge in [-0.2, -0.15) is 0 Å². The summed E-state index contributed by atoms with van der Waals surface area (Å²) in [7, 11) is 4.81. The minimum absolute atomic E-state index is 0.0300. The number of nitrogens with zero attached hydrogens (tertiary/aromatic N) is 3. The quantitative estimate of drug-likeness (QED) is 0.501. The molecule has 3 aliphatic heterocycles. The average Bonchev–Trinajstić information content (AvgIpc) is 3.00. The van der Waals surface area contributed by atoms with Crippen LogP contribution < -0.4 is 19.1 Å². The van der Waals surface area contributed by atoms with E-state index in [0.717, 1.165) is 23.4 Å². The molecule has 2 atom stereocenters. The molecule has 6 rings (SSSR count). The molecule has 3 aromatic rings. The second-order valence-corrected chi connectivity index (χ2v) is 10.1. The Morgan fingerprint density at radius 1 is 0.769 bits per heavy atom. The van der Waals surface area contributed by atoms with Crippen LogP contribution in [0.4, 0.5) is 5.69 Å². The van der Waals surface area contributed by atoms with Gasteiger partial charge in [0.15, 0.2) is 11.5 Å². The number of carbonyl (C=O) groups is 2. The molecule has 3 aromatic carbocycles. The van der Waals surface area contributed by atoms with E-state index < -0.39 is 5.92 Å². The highest BCUT2D eigenvalue weighted by Gasteiger charge is 2.48. The second kappa shape index (κ2) is 10.2. The molecule has 0 N–H and O–H groups in total. The molecular formula is C31H33N3O5. The Hall–Kier alpha value is -4.20. The van der Waals surface area contributed by atoms with Gasteiger partial charge in [0.05, 0.1) is 39.0 Å². The third kappa shape index (κ3) is 4.15. The largest absolute Gasteiger partial charge is 0.495 e. The van der Waals surface area contributed by atoms with E-state index in [9.17, 15) is 9.59 Å². The molecule has 0 spiro atoms. The topological polar surface area (TPSA) is 71.6 Å². The lowest BCUT2D eigenvalue weighted by Crippen LogP contribution is -2.54. The molecule has 3 aliphatic rings. The maximum absolute atomic E-state index is 14.5. The highest BCUT2D eigenvalue weighted by molar-refractivity contribution is 6.02. The predicted octanol–water partition coefficient (Wildman–Crippen LogP) is 3.90. The van der Waals surface area contributed by atoms with Crippen LogP contribution in [0.3, 0.4) is 0 Å². The summed E-state index contributed by atoms with van der Waals surface area (Å²) in [5, 5.41) is 0. The zero-order valence-electron chi connectivity index (χ0n) is 22.6. The maximum atomic E-state index is 14.5. The van der Waals surface area contributed by atoms with Crippen LogP contribution in [-0.4, -0.2) is 75.7 Å². The summed E-state index contributed by atoms with van der Waals surface area (Å²) in [4.78, 5) is 34.4. The third-order valence-electron chi connectivity index (χ3n) is 8.31. The van der Waals surface area contributed by atoms with Gasteiger partial charge in [0.1, 0.15) is 5.75 Å². The molecule has 39 heavy (non-hydrogen) atoms. The molecule has 8 nitrogen and oxygen atoms in total. The minimum Gasteiger partial charge on any atom is -0.495 e. The maximum Gasteiger partial charge on any atom is 0.254 e. The van der Waals surface area contributed by atoms with Crippen LogP contribution in [0.15, 0.2) is 60.7 Å². The molecule has 1 fully saturated rings. The molecule has 0 unspecified atom stereocenters. The summed E-state index contributed by atoms with van der Waals surface area (Å²) in [5.74, 6) is 1.24. The van der Waals surface area contributed by atoms with E-state index in [2.05, 4.69) is 23.1 Å². The van der Waals surface area contributed by atoms with E-state index in [-0.39, 0.29) is 17.9 Å². The van der Waals surface area contributed by atoms with Crippen molar-refractivity contribution in [2.75, 3.05) is 59.0 Å². The van der Waals surface area contributed by atoms with Crippen molar-refractivity contribution in [3.05, 3.63) is 82.9 Å². The van der Waals surface area contributed by atoms with Gasteiger partial charge in [-0.05, 0) is 47.4 Å². The number of hydrogen-bond acceptors (Lipinski definition) is 6. The third-order valence-corrected chi connectivity index (χ3v) is 8.31. The first kappa shape index (κ1) is 25.1. The van der Waals surface area contributed by atoms with Gasteiger partial charge in [-0.15, -0.1) is 0 Å². The average molecular weight is 528 g/mol. The molecule has 0 aromatic heterocycles. The molecule has 0 bridgehead atoms. The number of ether oxygens (including phenoxy) is 3. The van der Waals surface area contributed by atoms with Crippen LogP contribution in [0.1, 0.15) is 39.0 Å². The number of para-hydroxylation sites is 2. The summed E-state index contributed by atoms with van der Waals surface area (Å²) >= 11 is 0. The Morgan fingerprint density at radius 2 is 1.44 bits per heavy atom. The van der Waals surface area contributed by atoms with E-state index in [1.165, 1.54) is 5.56 Å². The molecule has 0 radical (unpaired) electrons. The fourth-order valence-electron chi connectivity index (χ4n) is 6.37. The van der Waals surface area contributed by atoms with Crippen LogP contribution in [0.5, 0.6) is 17.2 Å². The number of piperazine rings is 1. The highest BCUT2D eigenvalue weighted by atomic mass is 16.5. The van der Waals surface area contributed by atoms with Crippen LogP contribution >= 0.6 is 0 Å². The smallest absolute Gasteiger partial charge is 0.254 e. The molecule has 0 saturated carbocycles. The van der Waals surface area contributed by atoms with Gasteiger partial charge in [0.2, 0.25) is 5.91 Å². The number of carbonyl (C=O) groups excluding carboxylic acids is 2. The Kier molecular flexibility index (Phi) is 6.54. The molecular weight excluding hydrogens is 494 g/mol. The van der Waals surface area contributed by atoms with Gasteiger partial charge >= 0.3 is 0 Å². The standard InChI is InChI=1S/C31H33N3O5/c1-37-25-11-7-6-10-24(25)32-14-16-33(17-15-32)31(36)28-22-18-26(38-2)27(39-3)19-23(22)30(35)34-13-12-20-8-4-5-9-21(20)29(28)34/h4-11,18-19,28-29H,12-17H2,1-3H3/t28-,29+/m1/s1. The first-order valence-electron chi connectivity index (χ1n) is 13.4. The minimum atomic E-state index is -0.545. The summed E-state index contributed by atoms with van der Waals surface area (Å²) < 4.78 is 16.7. The normalized spacial score (nSPS) is 20.1. The van der Waals surface area contributed by atoms with Crippen LogP contribution in [0.2, 0.25) is 0 Å². The lowest BCUT2D eigenvalue weighted by molar-refractivity contribution is -0.135. The Morgan fingerprint density at radius 3 is 2.18 bits per heavy atom. The SMILES string of the molecule is COc1cc2c(cc1OC)[C@@H](C(=O)N1CCN(c3ccccc3OC)CC1)[C@@H]1c3ccccc3CCN1C2=O. The Bertz CT molecular complexity index is 1420. The van der Waals surface area contributed by atoms with Crippen LogP contribution in [-0.2, 0) is 11.2 Å². The number of methoxy groups -OCH3 is 3. The Balaban J connectivity index is 1.38. The number of benzene rings is 3. The van der Waals surface area contributed by atoms with E-state index in [4.69, 9.17) is 14.2 Å².